The van der Waals surface area contributed by atoms with Crippen molar-refractivity contribution < 1.29 is 42.1 Å². The molecule has 0 aromatic heterocycles. The van der Waals surface area contributed by atoms with E-state index in [2.05, 4.69) is 62.5 Å². The van der Waals surface area contributed by atoms with E-state index in [9.17, 15) is 19.0 Å². The van der Waals surface area contributed by atoms with Crippen molar-refractivity contribution in [3.63, 3.8) is 0 Å². The van der Waals surface area contributed by atoms with Gasteiger partial charge < -0.3 is 27.9 Å². The van der Waals surface area contributed by atoms with Crippen LogP contribution in [0.1, 0.15) is 341 Å². The van der Waals surface area contributed by atoms with Gasteiger partial charge in [0.25, 0.3) is 7.82 Å². The number of phosphoric acid groups is 1. The van der Waals surface area contributed by atoms with Crippen LogP contribution in [0.3, 0.4) is 0 Å². The summed E-state index contributed by atoms with van der Waals surface area (Å²) in [6, 6.07) is 0. The molecule has 81 heavy (non-hydrogen) atoms. The van der Waals surface area contributed by atoms with Crippen molar-refractivity contribution in [2.45, 2.75) is 347 Å². The fourth-order valence-corrected chi connectivity index (χ4v) is 11.0. The summed E-state index contributed by atoms with van der Waals surface area (Å²) in [6.45, 7) is 4.19. The number of carbonyl (C=O) groups excluding carboxylic acids is 2. The lowest BCUT2D eigenvalue weighted by molar-refractivity contribution is -0.870. The van der Waals surface area contributed by atoms with Gasteiger partial charge in [-0.1, -0.05) is 326 Å². The molecule has 0 amide bonds. The van der Waals surface area contributed by atoms with E-state index in [0.29, 0.717) is 17.4 Å². The van der Waals surface area contributed by atoms with Gasteiger partial charge in [-0.05, 0) is 51.4 Å². The molecule has 9 nitrogen and oxygen atoms in total. The molecule has 0 aromatic carbocycles. The molecule has 0 radical (unpaired) electrons. The van der Waals surface area contributed by atoms with Gasteiger partial charge in [0.2, 0.25) is 0 Å². The third-order valence-corrected chi connectivity index (χ3v) is 16.6. The molecule has 2 unspecified atom stereocenters. The first-order valence-corrected chi connectivity index (χ1v) is 36.3. The predicted octanol–water partition coefficient (Wildman–Crippen LogP) is 21.8. The van der Waals surface area contributed by atoms with Gasteiger partial charge in [-0.25, -0.2) is 0 Å². The second-order valence-corrected chi connectivity index (χ2v) is 26.3. The molecule has 0 bridgehead atoms. The number of hydrogen-bond acceptors (Lipinski definition) is 8. The molecule has 2 atom stereocenters. The van der Waals surface area contributed by atoms with Gasteiger partial charge in [0.1, 0.15) is 19.8 Å². The summed E-state index contributed by atoms with van der Waals surface area (Å²) >= 11 is 0. The zero-order valence-corrected chi connectivity index (χ0v) is 55.1. The van der Waals surface area contributed by atoms with Crippen molar-refractivity contribution in [3.8, 4) is 0 Å². The lowest BCUT2D eigenvalue weighted by Gasteiger charge is -2.28. The fraction of sp³-hybridized carbons (Fsp3) is 0.859. The van der Waals surface area contributed by atoms with Gasteiger partial charge in [-0.15, -0.1) is 0 Å². The molecule has 0 rings (SSSR count). The predicted molar refractivity (Wildman–Crippen MR) is 347 cm³/mol. The summed E-state index contributed by atoms with van der Waals surface area (Å²) in [6.07, 6.45) is 80.5. The van der Waals surface area contributed by atoms with E-state index in [1.807, 2.05) is 21.1 Å². The highest BCUT2D eigenvalue weighted by Gasteiger charge is 2.22. The molecule has 10 heteroatoms. The van der Waals surface area contributed by atoms with E-state index >= 15 is 0 Å². The van der Waals surface area contributed by atoms with Crippen LogP contribution in [0.4, 0.5) is 0 Å². The van der Waals surface area contributed by atoms with Crippen LogP contribution in [-0.4, -0.2) is 70.0 Å². The third kappa shape index (κ3) is 67.0. The van der Waals surface area contributed by atoms with Crippen molar-refractivity contribution in [1.82, 2.24) is 0 Å². The van der Waals surface area contributed by atoms with Crippen molar-refractivity contribution in [2.75, 3.05) is 47.5 Å². The topological polar surface area (TPSA) is 111 Å². The molecule has 0 aromatic rings. The zero-order valence-electron chi connectivity index (χ0n) is 54.2. The van der Waals surface area contributed by atoms with Crippen molar-refractivity contribution >= 4 is 19.8 Å². The number of quaternary nitrogens is 1. The average molecular weight is 1160 g/mol. The molecule has 0 saturated carbocycles. The van der Waals surface area contributed by atoms with Crippen LogP contribution in [0.15, 0.2) is 48.6 Å². The normalized spacial score (nSPS) is 13.4. The van der Waals surface area contributed by atoms with E-state index in [0.717, 1.165) is 64.2 Å². The lowest BCUT2D eigenvalue weighted by atomic mass is 10.0. The Morgan fingerprint density at radius 3 is 1.05 bits per heavy atom. The Kier molecular flexibility index (Phi) is 60.9. The van der Waals surface area contributed by atoms with Crippen LogP contribution >= 0.6 is 7.82 Å². The number of likely N-dealkylation sites (N-methyl/N-ethyl adjacent to an activating group) is 1. The summed E-state index contributed by atoms with van der Waals surface area (Å²) in [5, 5.41) is 0. The van der Waals surface area contributed by atoms with Crippen LogP contribution in [0, 0.1) is 0 Å². The number of nitrogens with zero attached hydrogens (tertiary/aromatic N) is 1. The molecule has 0 fully saturated rings. The largest absolute Gasteiger partial charge is 0.756 e. The number of unbranched alkanes of at least 4 members (excludes halogenated alkanes) is 43. The zero-order chi connectivity index (χ0) is 59.1. The quantitative estimate of drug-likeness (QED) is 0.0195. The number of hydrogen-bond donors (Lipinski definition) is 0. The summed E-state index contributed by atoms with van der Waals surface area (Å²) in [4.78, 5) is 38.1. The Labute approximate surface area is 503 Å². The first-order valence-electron chi connectivity index (χ1n) is 34.8. The Balaban J connectivity index is 4.00. The lowest BCUT2D eigenvalue weighted by Crippen LogP contribution is -2.37. The second kappa shape index (κ2) is 62.5. The van der Waals surface area contributed by atoms with E-state index < -0.39 is 26.5 Å². The minimum atomic E-state index is -4.64. The Morgan fingerprint density at radius 2 is 0.704 bits per heavy atom. The maximum absolute atomic E-state index is 12.9. The SMILES string of the molecule is CC/C=C\C/C=C\C/C=C\C/C=C\CCCCCCCCCCCCCCCCC(=O)OC(COC(=O)CCCCCCCCCCCCCCCCCCCCCCCCCCCCCCCC)COP(=O)([O-])OCC[N+](C)(C)C. The first-order chi connectivity index (χ1) is 39.5. The van der Waals surface area contributed by atoms with Gasteiger partial charge in [-0.2, -0.15) is 0 Å². The molecule has 476 valence electrons. The highest BCUT2D eigenvalue weighted by molar-refractivity contribution is 7.45. The number of phosphoric ester groups is 1. The molecular weight excluding hydrogens is 1030 g/mol. The molecule has 0 aliphatic heterocycles. The monoisotopic (exact) mass is 1160 g/mol. The Bertz CT molecular complexity index is 1510. The summed E-state index contributed by atoms with van der Waals surface area (Å²) in [5.41, 5.74) is 0. The Morgan fingerprint density at radius 1 is 0.395 bits per heavy atom. The van der Waals surface area contributed by atoms with E-state index in [1.54, 1.807) is 0 Å². The summed E-state index contributed by atoms with van der Waals surface area (Å²) in [7, 11) is 1.18. The standard InChI is InChI=1S/C71H134NO8P/c1-6-8-10-12-14-16-18-20-22-24-26-28-30-32-34-35-36-38-39-41-43-45-47-49-51-53-55-57-59-61-63-70(73)77-67-69(68-79-81(75,76)78-66-65-72(3,4)5)80-71(74)64-62-60-58-56-54-52-50-48-46-44-42-40-37-33-31-29-27-25-23-21-19-17-15-13-11-9-7-2/h9,11,15,17,21,23,27,29,69H,6-8,10,12-14,16,18-20,22,24-26,28,30-68H2,1-5H3/b11-9-,17-15-,23-21-,29-27-. The van der Waals surface area contributed by atoms with Gasteiger partial charge in [0, 0.05) is 12.8 Å². The van der Waals surface area contributed by atoms with E-state index in [4.69, 9.17) is 18.5 Å². The second-order valence-electron chi connectivity index (χ2n) is 24.9. The number of esters is 2. The first kappa shape index (κ1) is 79.0. The molecule has 0 spiro atoms. The van der Waals surface area contributed by atoms with Crippen LogP contribution in [0.5, 0.6) is 0 Å². The highest BCUT2D eigenvalue weighted by atomic mass is 31.2. The minimum Gasteiger partial charge on any atom is -0.756 e. The van der Waals surface area contributed by atoms with Gasteiger partial charge in [-0.3, -0.25) is 14.2 Å². The van der Waals surface area contributed by atoms with Crippen LogP contribution in [-0.2, 0) is 32.7 Å². The molecular formula is C71H134NO8P. The highest BCUT2D eigenvalue weighted by Crippen LogP contribution is 2.38. The number of allylic oxidation sites excluding steroid dienone is 8. The summed E-state index contributed by atoms with van der Waals surface area (Å²) in [5.74, 6) is -0.816. The number of carbonyl (C=O) groups is 2. The van der Waals surface area contributed by atoms with Crippen molar-refractivity contribution in [3.05, 3.63) is 48.6 Å². The molecule has 0 saturated heterocycles. The van der Waals surface area contributed by atoms with Gasteiger partial charge in [0.05, 0.1) is 27.7 Å². The maximum atomic E-state index is 12.9. The molecule has 0 aliphatic rings. The fourth-order valence-electron chi connectivity index (χ4n) is 10.3. The smallest absolute Gasteiger partial charge is 0.306 e. The van der Waals surface area contributed by atoms with Crippen LogP contribution < -0.4 is 4.89 Å². The van der Waals surface area contributed by atoms with E-state index in [1.165, 1.54) is 244 Å². The van der Waals surface area contributed by atoms with Crippen molar-refractivity contribution in [1.29, 1.82) is 0 Å². The number of rotatable bonds is 65. The van der Waals surface area contributed by atoms with Gasteiger partial charge in [0.15, 0.2) is 6.10 Å². The van der Waals surface area contributed by atoms with Crippen molar-refractivity contribution in [2.24, 2.45) is 0 Å². The molecule has 0 heterocycles. The number of ether oxygens (including phenoxy) is 2. The Hall–Kier alpha value is -2.03. The maximum Gasteiger partial charge on any atom is 0.306 e. The summed E-state index contributed by atoms with van der Waals surface area (Å²) < 4.78 is 34.3. The van der Waals surface area contributed by atoms with Gasteiger partial charge >= 0.3 is 11.9 Å². The van der Waals surface area contributed by atoms with Crippen LogP contribution in [0.2, 0.25) is 0 Å². The van der Waals surface area contributed by atoms with E-state index in [-0.39, 0.29) is 32.0 Å². The minimum absolute atomic E-state index is 0.0294. The molecule has 0 aliphatic carbocycles. The molecule has 0 N–H and O–H groups in total. The van der Waals surface area contributed by atoms with Crippen LogP contribution in [0.25, 0.3) is 0 Å². The third-order valence-electron chi connectivity index (χ3n) is 15.6. The average Bonchev–Trinajstić information content (AvgIpc) is 3.43.